The maximum absolute atomic E-state index is 11.2. The number of hydrogen-bond donors (Lipinski definition) is 3. The molecular weight excluding hydrogens is 198 g/mol. The van der Waals surface area contributed by atoms with Crippen molar-refractivity contribution < 1.29 is 14.7 Å². The molecular formula is C9H19N3O3. The number of carboxylic acid groups (broad SMARTS) is 1. The van der Waals surface area contributed by atoms with Crippen LogP contribution in [0.4, 0.5) is 0 Å². The van der Waals surface area contributed by atoms with Crippen molar-refractivity contribution in [2.45, 2.75) is 18.9 Å². The van der Waals surface area contributed by atoms with Gasteiger partial charge in [0, 0.05) is 6.54 Å². The molecule has 0 saturated heterocycles. The molecule has 6 nitrogen and oxygen atoms in total. The van der Waals surface area contributed by atoms with Crippen LogP contribution in [0.2, 0.25) is 0 Å². The lowest BCUT2D eigenvalue weighted by Crippen LogP contribution is -2.42. The van der Waals surface area contributed by atoms with Crippen LogP contribution in [0, 0.1) is 0 Å². The first-order valence-electron chi connectivity index (χ1n) is 4.83. The first kappa shape index (κ1) is 13.9. The third kappa shape index (κ3) is 7.90. The van der Waals surface area contributed by atoms with E-state index in [9.17, 15) is 9.59 Å². The normalized spacial score (nSPS) is 12.5. The van der Waals surface area contributed by atoms with Gasteiger partial charge in [0.25, 0.3) is 0 Å². The molecule has 1 atom stereocenters. The number of aliphatic carboxylic acids is 1. The molecule has 0 aromatic carbocycles. The summed E-state index contributed by atoms with van der Waals surface area (Å²) in [5.41, 5.74) is 5.36. The highest BCUT2D eigenvalue weighted by atomic mass is 16.4. The van der Waals surface area contributed by atoms with E-state index in [1.807, 2.05) is 19.0 Å². The van der Waals surface area contributed by atoms with Gasteiger partial charge in [-0.1, -0.05) is 0 Å². The van der Waals surface area contributed by atoms with Crippen LogP contribution in [0.25, 0.3) is 0 Å². The van der Waals surface area contributed by atoms with Gasteiger partial charge >= 0.3 is 5.97 Å². The molecule has 0 heterocycles. The van der Waals surface area contributed by atoms with Gasteiger partial charge in [0.2, 0.25) is 5.91 Å². The van der Waals surface area contributed by atoms with Gasteiger partial charge < -0.3 is 21.1 Å². The predicted octanol–water partition coefficient (Wildman–Crippen LogP) is -1.14. The monoisotopic (exact) mass is 217 g/mol. The third-order valence-corrected chi connectivity index (χ3v) is 1.81. The summed E-state index contributed by atoms with van der Waals surface area (Å²) in [4.78, 5) is 23.5. The minimum atomic E-state index is -1.06. The molecule has 0 radical (unpaired) electrons. The molecule has 1 amide bonds. The predicted molar refractivity (Wildman–Crippen MR) is 56.4 cm³/mol. The zero-order valence-corrected chi connectivity index (χ0v) is 9.19. The molecule has 0 bridgehead atoms. The number of nitrogens with zero attached hydrogens (tertiary/aromatic N) is 1. The quantitative estimate of drug-likeness (QED) is 0.468. The second-order valence-electron chi connectivity index (χ2n) is 3.65. The molecule has 0 aliphatic heterocycles. The number of amides is 1. The fraction of sp³-hybridized carbons (Fsp3) is 0.778. The van der Waals surface area contributed by atoms with Crippen LogP contribution in [0.1, 0.15) is 12.8 Å². The average Bonchev–Trinajstić information content (AvgIpc) is 2.10. The molecule has 0 saturated carbocycles. The minimum absolute atomic E-state index is 0.334. The van der Waals surface area contributed by atoms with Crippen molar-refractivity contribution in [3.05, 3.63) is 0 Å². The van der Waals surface area contributed by atoms with E-state index in [0.29, 0.717) is 6.54 Å². The molecule has 0 fully saturated rings. The summed E-state index contributed by atoms with van der Waals surface area (Å²) in [6.07, 6.45) is 0.484. The molecule has 0 rings (SSSR count). The summed E-state index contributed by atoms with van der Waals surface area (Å²) in [6.45, 7) is 1.39. The number of nitrogens with one attached hydrogen (secondary N) is 1. The van der Waals surface area contributed by atoms with Gasteiger partial charge in [-0.05, 0) is 27.1 Å². The number of rotatable bonds is 7. The topological polar surface area (TPSA) is 95.7 Å². The van der Waals surface area contributed by atoms with Crippen molar-refractivity contribution in [2.24, 2.45) is 5.73 Å². The molecule has 15 heavy (non-hydrogen) atoms. The van der Waals surface area contributed by atoms with Crippen molar-refractivity contribution in [2.75, 3.05) is 27.2 Å². The maximum Gasteiger partial charge on any atom is 0.305 e. The fourth-order valence-corrected chi connectivity index (χ4v) is 1.02. The number of carbonyl (C=O) groups excluding carboxylic acids is 1. The van der Waals surface area contributed by atoms with E-state index >= 15 is 0 Å². The van der Waals surface area contributed by atoms with Crippen molar-refractivity contribution in [3.8, 4) is 0 Å². The Hall–Kier alpha value is -1.14. The third-order valence-electron chi connectivity index (χ3n) is 1.81. The second kappa shape index (κ2) is 7.19. The van der Waals surface area contributed by atoms with Crippen LogP contribution < -0.4 is 11.1 Å². The zero-order chi connectivity index (χ0) is 11.8. The maximum atomic E-state index is 11.2. The molecule has 0 aromatic rings. The van der Waals surface area contributed by atoms with Crippen LogP contribution in [0.5, 0.6) is 0 Å². The molecule has 88 valence electrons. The van der Waals surface area contributed by atoms with Gasteiger partial charge in [0.05, 0.1) is 12.5 Å². The smallest absolute Gasteiger partial charge is 0.305 e. The van der Waals surface area contributed by atoms with E-state index in [4.69, 9.17) is 10.8 Å². The first-order chi connectivity index (χ1) is 6.93. The summed E-state index contributed by atoms with van der Waals surface area (Å²) in [7, 11) is 3.88. The van der Waals surface area contributed by atoms with E-state index in [1.54, 1.807) is 0 Å². The van der Waals surface area contributed by atoms with Crippen molar-refractivity contribution in [1.29, 1.82) is 0 Å². The lowest BCUT2D eigenvalue weighted by atomic mass is 10.2. The van der Waals surface area contributed by atoms with Gasteiger partial charge in [-0.25, -0.2) is 0 Å². The molecule has 6 heteroatoms. The van der Waals surface area contributed by atoms with Gasteiger partial charge in [-0.2, -0.15) is 0 Å². The number of carboxylic acids is 1. The van der Waals surface area contributed by atoms with E-state index in [0.717, 1.165) is 13.0 Å². The average molecular weight is 217 g/mol. The summed E-state index contributed by atoms with van der Waals surface area (Å²) in [6, 6.07) is -0.957. The SMILES string of the molecule is CN(C)CCCNC(=O)[C@@H](N)CC(=O)O. The van der Waals surface area contributed by atoms with E-state index in [-0.39, 0.29) is 6.42 Å². The largest absolute Gasteiger partial charge is 0.481 e. The fourth-order valence-electron chi connectivity index (χ4n) is 1.02. The highest BCUT2D eigenvalue weighted by molar-refractivity contribution is 5.85. The lowest BCUT2D eigenvalue weighted by molar-refractivity contribution is -0.139. The highest BCUT2D eigenvalue weighted by Gasteiger charge is 2.15. The molecule has 0 spiro atoms. The van der Waals surface area contributed by atoms with Crippen LogP contribution in [0.3, 0.4) is 0 Å². The number of carbonyl (C=O) groups is 2. The Balaban J connectivity index is 3.60. The van der Waals surface area contributed by atoms with E-state index < -0.39 is 17.9 Å². The summed E-state index contributed by atoms with van der Waals surface area (Å²) >= 11 is 0. The first-order valence-corrected chi connectivity index (χ1v) is 4.83. The van der Waals surface area contributed by atoms with Crippen LogP contribution in [-0.2, 0) is 9.59 Å². The number of nitrogens with two attached hydrogens (primary N) is 1. The van der Waals surface area contributed by atoms with Crippen LogP contribution in [0.15, 0.2) is 0 Å². The van der Waals surface area contributed by atoms with Crippen molar-refractivity contribution >= 4 is 11.9 Å². The Morgan fingerprint density at radius 2 is 2.07 bits per heavy atom. The molecule has 4 N–H and O–H groups in total. The van der Waals surface area contributed by atoms with Gasteiger partial charge in [0.1, 0.15) is 0 Å². The van der Waals surface area contributed by atoms with Gasteiger partial charge in [-0.15, -0.1) is 0 Å². The Bertz CT molecular complexity index is 219. The van der Waals surface area contributed by atoms with Gasteiger partial charge in [0.15, 0.2) is 0 Å². The molecule has 0 aromatic heterocycles. The summed E-state index contributed by atoms with van der Waals surface area (Å²) in [5.74, 6) is -1.47. The molecule has 0 aliphatic carbocycles. The van der Waals surface area contributed by atoms with Gasteiger partial charge in [-0.3, -0.25) is 9.59 Å². The zero-order valence-electron chi connectivity index (χ0n) is 9.19. The Morgan fingerprint density at radius 3 is 2.53 bits per heavy atom. The lowest BCUT2D eigenvalue weighted by Gasteiger charge is -2.12. The Morgan fingerprint density at radius 1 is 1.47 bits per heavy atom. The minimum Gasteiger partial charge on any atom is -0.481 e. The van der Waals surface area contributed by atoms with Crippen LogP contribution in [-0.4, -0.2) is 55.1 Å². The summed E-state index contributed by atoms with van der Waals surface area (Å²) < 4.78 is 0. The number of hydrogen-bond acceptors (Lipinski definition) is 4. The molecule has 0 unspecified atom stereocenters. The van der Waals surface area contributed by atoms with Crippen molar-refractivity contribution in [3.63, 3.8) is 0 Å². The Kier molecular flexibility index (Phi) is 6.64. The summed E-state index contributed by atoms with van der Waals surface area (Å²) in [5, 5.41) is 11.0. The highest BCUT2D eigenvalue weighted by Crippen LogP contribution is 1.89. The Labute approximate surface area is 89.4 Å². The van der Waals surface area contributed by atoms with E-state index in [2.05, 4.69) is 5.32 Å². The van der Waals surface area contributed by atoms with Crippen molar-refractivity contribution in [1.82, 2.24) is 10.2 Å². The standard InChI is InChI=1S/C9H19N3O3/c1-12(2)5-3-4-11-9(15)7(10)6-8(13)14/h7H,3-6,10H2,1-2H3,(H,11,15)(H,13,14)/t7-/m0/s1. The second-order valence-corrected chi connectivity index (χ2v) is 3.65. The molecule has 0 aliphatic rings. The van der Waals surface area contributed by atoms with Crippen LogP contribution >= 0.6 is 0 Å². The van der Waals surface area contributed by atoms with E-state index in [1.165, 1.54) is 0 Å².